The van der Waals surface area contributed by atoms with Crippen molar-refractivity contribution in [1.29, 1.82) is 0 Å². The largest absolute Gasteiger partial charge is 0.494 e. The van der Waals surface area contributed by atoms with E-state index in [1.165, 1.54) is 5.56 Å². The van der Waals surface area contributed by atoms with Crippen molar-refractivity contribution in [2.45, 2.75) is 26.8 Å². The van der Waals surface area contributed by atoms with Gasteiger partial charge in [0.25, 0.3) is 5.91 Å². The number of thiazole rings is 1. The predicted octanol–water partition coefficient (Wildman–Crippen LogP) is 4.84. The van der Waals surface area contributed by atoms with Crippen LogP contribution in [-0.4, -0.2) is 17.5 Å². The van der Waals surface area contributed by atoms with Gasteiger partial charge in [-0.15, -0.1) is 11.3 Å². The maximum Gasteiger partial charge on any atom is 0.251 e. The van der Waals surface area contributed by atoms with Crippen LogP contribution in [0.5, 0.6) is 5.75 Å². The lowest BCUT2D eigenvalue weighted by molar-refractivity contribution is 0.0950. The molecule has 0 radical (unpaired) electrons. The molecule has 3 aromatic rings. The molecule has 5 heteroatoms. The third-order valence-corrected chi connectivity index (χ3v) is 4.81. The van der Waals surface area contributed by atoms with Crippen LogP contribution in [0.1, 0.15) is 35.0 Å². The molecule has 0 aliphatic carbocycles. The lowest BCUT2D eigenvalue weighted by Gasteiger charge is -2.06. The Morgan fingerprint density at radius 2 is 1.85 bits per heavy atom. The number of hydrogen-bond acceptors (Lipinski definition) is 4. The van der Waals surface area contributed by atoms with Crippen molar-refractivity contribution in [2.75, 3.05) is 6.61 Å². The Kier molecular flexibility index (Phi) is 6.02. The third-order valence-electron chi connectivity index (χ3n) is 3.87. The van der Waals surface area contributed by atoms with Crippen molar-refractivity contribution in [2.24, 2.45) is 0 Å². The van der Waals surface area contributed by atoms with Gasteiger partial charge in [-0.05, 0) is 37.6 Å². The topological polar surface area (TPSA) is 51.2 Å². The van der Waals surface area contributed by atoms with Crippen LogP contribution < -0.4 is 10.1 Å². The van der Waals surface area contributed by atoms with Gasteiger partial charge in [0.05, 0.1) is 18.8 Å². The van der Waals surface area contributed by atoms with E-state index in [1.807, 2.05) is 17.5 Å². The third kappa shape index (κ3) is 4.70. The highest BCUT2D eigenvalue weighted by molar-refractivity contribution is 7.13. The smallest absolute Gasteiger partial charge is 0.251 e. The fourth-order valence-corrected chi connectivity index (χ4v) is 3.24. The molecule has 1 amide bonds. The molecule has 134 valence electrons. The molecule has 0 unspecified atom stereocenters. The van der Waals surface area contributed by atoms with Crippen LogP contribution >= 0.6 is 11.3 Å². The summed E-state index contributed by atoms with van der Waals surface area (Å²) in [7, 11) is 0. The van der Waals surface area contributed by atoms with E-state index in [4.69, 9.17) is 4.74 Å². The Morgan fingerprint density at radius 3 is 2.54 bits per heavy atom. The number of carbonyl (C=O) groups excluding carboxylic acids is 1. The summed E-state index contributed by atoms with van der Waals surface area (Å²) in [4.78, 5) is 16.9. The monoisotopic (exact) mass is 366 g/mol. The summed E-state index contributed by atoms with van der Waals surface area (Å²) in [6, 6.07) is 15.5. The van der Waals surface area contributed by atoms with Gasteiger partial charge in [0.15, 0.2) is 0 Å². The second kappa shape index (κ2) is 8.63. The summed E-state index contributed by atoms with van der Waals surface area (Å²) >= 11 is 1.59. The van der Waals surface area contributed by atoms with Crippen LogP contribution in [0.25, 0.3) is 10.6 Å². The van der Waals surface area contributed by atoms with E-state index in [0.29, 0.717) is 18.7 Å². The molecule has 0 aliphatic rings. The van der Waals surface area contributed by atoms with Crippen LogP contribution in [0.15, 0.2) is 53.9 Å². The van der Waals surface area contributed by atoms with E-state index in [2.05, 4.69) is 48.4 Å². The molecule has 26 heavy (non-hydrogen) atoms. The number of rotatable bonds is 7. The summed E-state index contributed by atoms with van der Waals surface area (Å²) in [6.07, 6.45) is 0.959. The molecule has 1 aromatic heterocycles. The second-order valence-electron chi connectivity index (χ2n) is 6.07. The fourth-order valence-electron chi connectivity index (χ4n) is 2.41. The van der Waals surface area contributed by atoms with Gasteiger partial charge in [-0.1, -0.05) is 36.8 Å². The Bertz CT molecular complexity index is 854. The number of hydrogen-bond donors (Lipinski definition) is 1. The minimum Gasteiger partial charge on any atom is -0.494 e. The SMILES string of the molecule is CCCOc1ccc(C(=O)NCc2csc(-c3ccc(C)cc3)n2)cc1. The molecule has 0 bridgehead atoms. The number of nitrogens with zero attached hydrogens (tertiary/aromatic N) is 1. The van der Waals surface area contributed by atoms with Gasteiger partial charge in [0.1, 0.15) is 10.8 Å². The zero-order valence-corrected chi connectivity index (χ0v) is 15.8. The van der Waals surface area contributed by atoms with E-state index in [1.54, 1.807) is 23.5 Å². The highest BCUT2D eigenvalue weighted by atomic mass is 32.1. The standard InChI is InChI=1S/C21H22N2O2S/c1-3-12-25-19-10-8-16(9-11-19)20(24)22-13-18-14-26-21(23-18)17-6-4-15(2)5-7-17/h4-11,14H,3,12-13H2,1-2H3,(H,22,24). The molecular formula is C21H22N2O2S. The Morgan fingerprint density at radius 1 is 1.12 bits per heavy atom. The Balaban J connectivity index is 1.57. The predicted molar refractivity (Wildman–Crippen MR) is 106 cm³/mol. The van der Waals surface area contributed by atoms with Gasteiger partial charge >= 0.3 is 0 Å². The number of ether oxygens (including phenoxy) is 1. The highest BCUT2D eigenvalue weighted by Crippen LogP contribution is 2.24. The van der Waals surface area contributed by atoms with Crippen LogP contribution in [0.3, 0.4) is 0 Å². The van der Waals surface area contributed by atoms with Gasteiger partial charge in [0.2, 0.25) is 0 Å². The molecule has 0 saturated heterocycles. The molecule has 0 saturated carbocycles. The zero-order chi connectivity index (χ0) is 18.4. The van der Waals surface area contributed by atoms with Gasteiger partial charge in [0, 0.05) is 16.5 Å². The molecular weight excluding hydrogens is 344 g/mol. The molecule has 1 heterocycles. The summed E-state index contributed by atoms with van der Waals surface area (Å²) < 4.78 is 5.53. The van der Waals surface area contributed by atoms with Crippen molar-refractivity contribution >= 4 is 17.2 Å². The van der Waals surface area contributed by atoms with E-state index in [-0.39, 0.29) is 5.91 Å². The minimum absolute atomic E-state index is 0.114. The molecule has 0 atom stereocenters. The van der Waals surface area contributed by atoms with Crippen molar-refractivity contribution < 1.29 is 9.53 Å². The Hall–Kier alpha value is -2.66. The van der Waals surface area contributed by atoms with Crippen LogP contribution in [-0.2, 0) is 6.54 Å². The summed E-state index contributed by atoms with van der Waals surface area (Å²) in [5, 5.41) is 5.86. The van der Waals surface area contributed by atoms with Crippen LogP contribution in [0.2, 0.25) is 0 Å². The maximum absolute atomic E-state index is 12.3. The minimum atomic E-state index is -0.114. The number of nitrogens with one attached hydrogen (secondary N) is 1. The number of aryl methyl sites for hydroxylation is 1. The first kappa shape index (κ1) is 18.1. The summed E-state index contributed by atoms with van der Waals surface area (Å²) in [5.74, 6) is 0.669. The first-order chi connectivity index (χ1) is 12.7. The van der Waals surface area contributed by atoms with Gasteiger partial charge in [-0.3, -0.25) is 4.79 Å². The van der Waals surface area contributed by atoms with Gasteiger partial charge in [-0.2, -0.15) is 0 Å². The average Bonchev–Trinajstić information content (AvgIpc) is 3.14. The second-order valence-corrected chi connectivity index (χ2v) is 6.92. The normalized spacial score (nSPS) is 10.5. The van der Waals surface area contributed by atoms with Gasteiger partial charge < -0.3 is 10.1 Å². The van der Waals surface area contributed by atoms with Gasteiger partial charge in [-0.25, -0.2) is 4.98 Å². The summed E-state index contributed by atoms with van der Waals surface area (Å²) in [6.45, 7) is 5.22. The lowest BCUT2D eigenvalue weighted by Crippen LogP contribution is -2.22. The maximum atomic E-state index is 12.3. The van der Waals surface area contributed by atoms with Crippen molar-refractivity contribution in [3.8, 4) is 16.3 Å². The lowest BCUT2D eigenvalue weighted by atomic mass is 10.2. The average molecular weight is 366 g/mol. The Labute approximate surface area is 157 Å². The number of amides is 1. The van der Waals surface area contributed by atoms with Crippen molar-refractivity contribution in [3.05, 3.63) is 70.7 Å². The molecule has 2 aromatic carbocycles. The number of benzene rings is 2. The molecule has 1 N–H and O–H groups in total. The number of aromatic nitrogens is 1. The first-order valence-electron chi connectivity index (χ1n) is 8.68. The zero-order valence-electron chi connectivity index (χ0n) is 15.0. The van der Waals surface area contributed by atoms with Crippen molar-refractivity contribution in [1.82, 2.24) is 10.3 Å². The highest BCUT2D eigenvalue weighted by Gasteiger charge is 2.08. The van der Waals surface area contributed by atoms with E-state index in [0.717, 1.165) is 28.4 Å². The van der Waals surface area contributed by atoms with E-state index >= 15 is 0 Å². The van der Waals surface area contributed by atoms with Crippen LogP contribution in [0, 0.1) is 6.92 Å². The molecule has 4 nitrogen and oxygen atoms in total. The molecule has 0 spiro atoms. The fraction of sp³-hybridized carbons (Fsp3) is 0.238. The van der Waals surface area contributed by atoms with E-state index in [9.17, 15) is 4.79 Å². The first-order valence-corrected chi connectivity index (χ1v) is 9.56. The molecule has 3 rings (SSSR count). The number of carbonyl (C=O) groups is 1. The van der Waals surface area contributed by atoms with Crippen LogP contribution in [0.4, 0.5) is 0 Å². The van der Waals surface area contributed by atoms with E-state index < -0.39 is 0 Å². The quantitative estimate of drug-likeness (QED) is 0.651. The van der Waals surface area contributed by atoms with Crippen molar-refractivity contribution in [3.63, 3.8) is 0 Å². The molecule has 0 fully saturated rings. The molecule has 0 aliphatic heterocycles. The summed E-state index contributed by atoms with van der Waals surface area (Å²) in [5.41, 5.74) is 3.80.